The lowest BCUT2D eigenvalue weighted by atomic mass is 10.2. The molecule has 0 aromatic carbocycles. The van der Waals surface area contributed by atoms with Gasteiger partial charge in [-0.05, 0) is 42.9 Å². The van der Waals surface area contributed by atoms with Gasteiger partial charge in [-0.15, -0.1) is 0 Å². The molecule has 0 N–H and O–H groups in total. The Hall–Kier alpha value is -1.11. The third-order valence-corrected chi connectivity index (χ3v) is 2.13. The molecule has 0 atom stereocenters. The molecule has 0 amide bonds. The lowest BCUT2D eigenvalue weighted by Gasteiger charge is -1.92. The van der Waals surface area contributed by atoms with Gasteiger partial charge in [-0.3, -0.25) is 4.98 Å². The molecule has 12 heavy (non-hydrogen) atoms. The molecule has 1 aromatic heterocycles. The van der Waals surface area contributed by atoms with E-state index in [0.29, 0.717) is 0 Å². The first kappa shape index (κ1) is 7.53. The van der Waals surface area contributed by atoms with Crippen LogP contribution in [0.1, 0.15) is 18.4 Å². The summed E-state index contributed by atoms with van der Waals surface area (Å²) in [6, 6.07) is 4.13. The van der Waals surface area contributed by atoms with Crippen molar-refractivity contribution in [1.82, 2.24) is 4.98 Å². The molecule has 1 aliphatic rings. The predicted molar refractivity (Wildman–Crippen MR) is 49.8 cm³/mol. The van der Waals surface area contributed by atoms with Crippen molar-refractivity contribution in [2.75, 3.05) is 0 Å². The monoisotopic (exact) mass is 159 g/mol. The smallest absolute Gasteiger partial charge is 0.0270 e. The molecule has 62 valence electrons. The quantitative estimate of drug-likeness (QED) is 0.618. The van der Waals surface area contributed by atoms with Crippen LogP contribution in [0.15, 0.2) is 36.7 Å². The Morgan fingerprint density at radius 2 is 2.08 bits per heavy atom. The molecule has 1 nitrogen and oxygen atoms in total. The summed E-state index contributed by atoms with van der Waals surface area (Å²) < 4.78 is 0. The highest BCUT2D eigenvalue weighted by molar-refractivity contribution is 5.14. The Balaban J connectivity index is 1.86. The lowest BCUT2D eigenvalue weighted by Crippen LogP contribution is -1.80. The highest BCUT2D eigenvalue weighted by atomic mass is 14.6. The average Bonchev–Trinajstić information content (AvgIpc) is 2.90. The van der Waals surface area contributed by atoms with Gasteiger partial charge in [-0.1, -0.05) is 12.2 Å². The van der Waals surface area contributed by atoms with Gasteiger partial charge in [0.05, 0.1) is 0 Å². The van der Waals surface area contributed by atoms with Gasteiger partial charge < -0.3 is 0 Å². The molecular weight excluding hydrogens is 146 g/mol. The van der Waals surface area contributed by atoms with Crippen molar-refractivity contribution >= 4 is 0 Å². The van der Waals surface area contributed by atoms with Crippen LogP contribution in [0.3, 0.4) is 0 Å². The Kier molecular flexibility index (Phi) is 2.21. The molecule has 1 fully saturated rings. The second kappa shape index (κ2) is 3.53. The standard InChI is InChI=1S/C11H13N/c1(2-10-4-5-10)3-11-6-8-12-9-7-11/h1-2,6-10H,3-5H2/b2-1+. The zero-order chi connectivity index (χ0) is 8.23. The second-order valence-electron chi connectivity index (χ2n) is 3.33. The molecule has 1 heteroatoms. The SMILES string of the molecule is C(=C\C1CC1)/Cc1ccncc1. The van der Waals surface area contributed by atoms with Crippen molar-refractivity contribution in [1.29, 1.82) is 0 Å². The predicted octanol–water partition coefficient (Wildman–Crippen LogP) is 2.59. The van der Waals surface area contributed by atoms with Crippen LogP contribution < -0.4 is 0 Å². The number of rotatable bonds is 3. The number of pyridine rings is 1. The van der Waals surface area contributed by atoms with Crippen molar-refractivity contribution in [3.05, 3.63) is 42.2 Å². The minimum absolute atomic E-state index is 0.895. The Labute approximate surface area is 73.1 Å². The molecule has 0 spiro atoms. The Morgan fingerprint density at radius 1 is 1.33 bits per heavy atom. The summed E-state index contributed by atoms with van der Waals surface area (Å²) in [5.41, 5.74) is 1.35. The van der Waals surface area contributed by atoms with Crippen molar-refractivity contribution in [2.24, 2.45) is 5.92 Å². The number of hydrogen-bond donors (Lipinski definition) is 0. The van der Waals surface area contributed by atoms with Gasteiger partial charge in [0.2, 0.25) is 0 Å². The molecule has 1 saturated carbocycles. The maximum Gasteiger partial charge on any atom is 0.0270 e. The van der Waals surface area contributed by atoms with Crippen molar-refractivity contribution in [2.45, 2.75) is 19.3 Å². The molecule has 1 aliphatic carbocycles. The molecular formula is C11H13N. The molecule has 0 aliphatic heterocycles. The van der Waals surface area contributed by atoms with E-state index < -0.39 is 0 Å². The molecule has 2 rings (SSSR count). The van der Waals surface area contributed by atoms with Crippen LogP contribution in [0, 0.1) is 5.92 Å². The zero-order valence-electron chi connectivity index (χ0n) is 7.11. The van der Waals surface area contributed by atoms with Crippen LogP contribution in [0.2, 0.25) is 0 Å². The van der Waals surface area contributed by atoms with Gasteiger partial charge in [-0.25, -0.2) is 0 Å². The van der Waals surface area contributed by atoms with E-state index in [1.807, 2.05) is 12.4 Å². The normalized spacial score (nSPS) is 17.0. The molecule has 1 heterocycles. The Morgan fingerprint density at radius 3 is 2.75 bits per heavy atom. The first-order valence-electron chi connectivity index (χ1n) is 4.51. The summed E-state index contributed by atoms with van der Waals surface area (Å²) in [6.07, 6.45) is 12.1. The van der Waals surface area contributed by atoms with Crippen LogP contribution in [-0.4, -0.2) is 4.98 Å². The summed E-state index contributed by atoms with van der Waals surface area (Å²) in [7, 11) is 0. The fraction of sp³-hybridized carbons (Fsp3) is 0.364. The largest absolute Gasteiger partial charge is 0.265 e. The molecule has 0 saturated heterocycles. The van der Waals surface area contributed by atoms with Gasteiger partial charge >= 0.3 is 0 Å². The van der Waals surface area contributed by atoms with Crippen molar-refractivity contribution in [3.63, 3.8) is 0 Å². The van der Waals surface area contributed by atoms with E-state index in [1.165, 1.54) is 18.4 Å². The molecule has 0 bridgehead atoms. The molecule has 1 aromatic rings. The van der Waals surface area contributed by atoms with Gasteiger partial charge in [0.15, 0.2) is 0 Å². The summed E-state index contributed by atoms with van der Waals surface area (Å²) in [5, 5.41) is 0. The average molecular weight is 159 g/mol. The summed E-state index contributed by atoms with van der Waals surface area (Å²) >= 11 is 0. The molecule has 0 unspecified atom stereocenters. The number of allylic oxidation sites excluding steroid dienone is 2. The van der Waals surface area contributed by atoms with E-state index in [4.69, 9.17) is 0 Å². The van der Waals surface area contributed by atoms with Crippen LogP contribution in [-0.2, 0) is 6.42 Å². The highest BCUT2D eigenvalue weighted by Gasteiger charge is 2.16. The summed E-state index contributed by atoms with van der Waals surface area (Å²) in [5.74, 6) is 0.895. The van der Waals surface area contributed by atoms with Crippen molar-refractivity contribution in [3.8, 4) is 0 Å². The van der Waals surface area contributed by atoms with Crippen molar-refractivity contribution < 1.29 is 0 Å². The first-order chi connectivity index (χ1) is 5.95. The van der Waals surface area contributed by atoms with Crippen LogP contribution in [0.4, 0.5) is 0 Å². The maximum atomic E-state index is 3.98. The fourth-order valence-corrected chi connectivity index (χ4v) is 1.20. The second-order valence-corrected chi connectivity index (χ2v) is 3.33. The van der Waals surface area contributed by atoms with E-state index in [9.17, 15) is 0 Å². The van der Waals surface area contributed by atoms with Crippen LogP contribution >= 0.6 is 0 Å². The molecule has 0 radical (unpaired) electrons. The van der Waals surface area contributed by atoms with E-state index in [1.54, 1.807) is 0 Å². The highest BCUT2D eigenvalue weighted by Crippen LogP contribution is 2.30. The van der Waals surface area contributed by atoms with E-state index in [-0.39, 0.29) is 0 Å². The first-order valence-corrected chi connectivity index (χ1v) is 4.51. The van der Waals surface area contributed by atoms with Crippen LogP contribution in [0.5, 0.6) is 0 Å². The van der Waals surface area contributed by atoms with Gasteiger partial charge in [0.25, 0.3) is 0 Å². The summed E-state index contributed by atoms with van der Waals surface area (Å²) in [6.45, 7) is 0. The van der Waals surface area contributed by atoms with Gasteiger partial charge in [0, 0.05) is 12.4 Å². The van der Waals surface area contributed by atoms with E-state index >= 15 is 0 Å². The number of aromatic nitrogens is 1. The third kappa shape index (κ3) is 2.19. The van der Waals surface area contributed by atoms with E-state index in [0.717, 1.165) is 12.3 Å². The number of nitrogens with zero attached hydrogens (tertiary/aromatic N) is 1. The van der Waals surface area contributed by atoms with E-state index in [2.05, 4.69) is 29.3 Å². The minimum Gasteiger partial charge on any atom is -0.265 e. The van der Waals surface area contributed by atoms with Gasteiger partial charge in [-0.2, -0.15) is 0 Å². The number of hydrogen-bond acceptors (Lipinski definition) is 1. The minimum atomic E-state index is 0.895. The van der Waals surface area contributed by atoms with Crippen LogP contribution in [0.25, 0.3) is 0 Å². The third-order valence-electron chi connectivity index (χ3n) is 2.13. The Bertz CT molecular complexity index is 260. The topological polar surface area (TPSA) is 12.9 Å². The fourth-order valence-electron chi connectivity index (χ4n) is 1.20. The maximum absolute atomic E-state index is 3.98. The zero-order valence-corrected chi connectivity index (χ0v) is 7.11. The summed E-state index contributed by atoms with van der Waals surface area (Å²) in [4.78, 5) is 3.98. The lowest BCUT2D eigenvalue weighted by molar-refractivity contribution is 1.10. The van der Waals surface area contributed by atoms with Gasteiger partial charge in [0.1, 0.15) is 0 Å².